The minimum Gasteiger partial charge on any atom is -0.293 e. The molecule has 1 aromatic rings. The summed E-state index contributed by atoms with van der Waals surface area (Å²) in [5, 5.41) is 1.80. The highest BCUT2D eigenvalue weighted by atomic mass is 32.1. The second-order valence-electron chi connectivity index (χ2n) is 2.79. The van der Waals surface area contributed by atoms with Gasteiger partial charge in [-0.2, -0.15) is 0 Å². The first-order valence-electron chi connectivity index (χ1n) is 4.26. The second kappa shape index (κ2) is 5.68. The van der Waals surface area contributed by atoms with E-state index in [9.17, 15) is 9.59 Å². The van der Waals surface area contributed by atoms with E-state index >= 15 is 0 Å². The van der Waals surface area contributed by atoms with Crippen molar-refractivity contribution in [3.63, 3.8) is 0 Å². The summed E-state index contributed by atoms with van der Waals surface area (Å²) in [6.45, 7) is 3.45. The Morgan fingerprint density at radius 1 is 1.53 bits per heavy atom. The van der Waals surface area contributed by atoms with Gasteiger partial charge in [0.05, 0.1) is 11.3 Å². The highest BCUT2D eigenvalue weighted by Gasteiger charge is 2.13. The topological polar surface area (TPSA) is 34.1 Å². The molecule has 0 atom stereocenters. The van der Waals surface area contributed by atoms with Gasteiger partial charge in [-0.3, -0.25) is 9.59 Å². The molecule has 0 bridgehead atoms. The molecule has 1 rings (SSSR count). The Morgan fingerprint density at radius 3 is 2.80 bits per heavy atom. The van der Waals surface area contributed by atoms with Gasteiger partial charge in [-0.05, 0) is 17.5 Å². The summed E-state index contributed by atoms with van der Waals surface area (Å²) < 4.78 is 0. The van der Waals surface area contributed by atoms with Crippen LogP contribution in [0.15, 0.2) is 41.1 Å². The van der Waals surface area contributed by atoms with Crippen LogP contribution in [-0.2, 0) is 4.79 Å². The van der Waals surface area contributed by atoms with E-state index < -0.39 is 0 Å². The molecule has 1 heterocycles. The lowest BCUT2D eigenvalue weighted by molar-refractivity contribution is -0.114. The highest BCUT2D eigenvalue weighted by molar-refractivity contribution is 7.85. The van der Waals surface area contributed by atoms with Crippen molar-refractivity contribution in [2.75, 3.05) is 0 Å². The van der Waals surface area contributed by atoms with Crippen molar-refractivity contribution in [1.82, 2.24) is 0 Å². The third-order valence-electron chi connectivity index (χ3n) is 1.68. The van der Waals surface area contributed by atoms with Crippen molar-refractivity contribution in [3.8, 4) is 0 Å². The van der Waals surface area contributed by atoms with Crippen LogP contribution < -0.4 is 0 Å². The first-order chi connectivity index (χ1) is 7.15. The van der Waals surface area contributed by atoms with Gasteiger partial charge in [0.2, 0.25) is 0 Å². The molecular weight excluding hydrogens is 228 g/mol. The van der Waals surface area contributed by atoms with Crippen LogP contribution >= 0.6 is 24.0 Å². The summed E-state index contributed by atoms with van der Waals surface area (Å²) in [6, 6.07) is 3.49. The Morgan fingerprint density at radius 2 is 2.27 bits per heavy atom. The zero-order valence-electron chi connectivity index (χ0n) is 7.97. The molecular formula is C11H10O2S2. The predicted octanol–water partition coefficient (Wildman–Crippen LogP) is 2.89. The Bertz CT molecular complexity index is 402. The van der Waals surface area contributed by atoms with E-state index in [1.807, 2.05) is 0 Å². The highest BCUT2D eigenvalue weighted by Crippen LogP contribution is 2.14. The van der Waals surface area contributed by atoms with E-state index in [1.54, 1.807) is 17.5 Å². The Labute approximate surface area is 97.7 Å². The maximum Gasteiger partial charge on any atom is 0.180 e. The Kier molecular flexibility index (Phi) is 4.52. The Hall–Kier alpha value is -1.13. The van der Waals surface area contributed by atoms with Crippen LogP contribution in [0.3, 0.4) is 0 Å². The summed E-state index contributed by atoms with van der Waals surface area (Å²) in [5.74, 6) is -0.448. The first-order valence-corrected chi connectivity index (χ1v) is 5.59. The van der Waals surface area contributed by atoms with Gasteiger partial charge in [0.1, 0.15) is 0 Å². The molecule has 0 N–H and O–H groups in total. The fourth-order valence-electron chi connectivity index (χ4n) is 0.965. The van der Waals surface area contributed by atoms with Gasteiger partial charge in [0.25, 0.3) is 0 Å². The van der Waals surface area contributed by atoms with Crippen molar-refractivity contribution in [1.29, 1.82) is 0 Å². The van der Waals surface area contributed by atoms with Crippen molar-refractivity contribution in [3.05, 3.63) is 46.0 Å². The quantitative estimate of drug-likeness (QED) is 0.281. The van der Waals surface area contributed by atoms with Gasteiger partial charge in [-0.25, -0.2) is 0 Å². The monoisotopic (exact) mass is 238 g/mol. The molecule has 0 aromatic carbocycles. The average Bonchev–Trinajstić information content (AvgIpc) is 2.70. The molecule has 0 aliphatic heterocycles. The number of ketones is 2. The lowest BCUT2D eigenvalue weighted by atomic mass is 10.1. The first kappa shape index (κ1) is 11.9. The van der Waals surface area contributed by atoms with Crippen LogP contribution in [0.25, 0.3) is 0 Å². The van der Waals surface area contributed by atoms with E-state index in [0.29, 0.717) is 4.88 Å². The van der Waals surface area contributed by atoms with Crippen molar-refractivity contribution in [2.45, 2.75) is 6.42 Å². The number of carbonyl (C=O) groups is 2. The van der Waals surface area contributed by atoms with E-state index in [0.717, 1.165) is 0 Å². The zero-order chi connectivity index (χ0) is 11.3. The van der Waals surface area contributed by atoms with Gasteiger partial charge in [-0.1, -0.05) is 18.7 Å². The number of thiol groups is 1. The van der Waals surface area contributed by atoms with Crippen LogP contribution in [0.1, 0.15) is 16.1 Å². The van der Waals surface area contributed by atoms with Gasteiger partial charge < -0.3 is 0 Å². The standard InChI is InChI=1S/C11H10O2S2/c1-2-4-10(14)8(12)7-9(13)11-5-3-6-15-11/h2-6,14H,1,7H2/b10-4-. The van der Waals surface area contributed by atoms with Gasteiger partial charge in [0.15, 0.2) is 11.6 Å². The minimum atomic E-state index is -0.281. The Balaban J connectivity index is 2.64. The van der Waals surface area contributed by atoms with E-state index in [4.69, 9.17) is 0 Å². The number of Topliss-reactive ketones (excluding diaryl/α,β-unsaturated/α-hetero) is 2. The number of hydrogen-bond acceptors (Lipinski definition) is 4. The molecule has 0 fully saturated rings. The molecule has 4 heteroatoms. The number of hydrogen-bond donors (Lipinski definition) is 1. The van der Waals surface area contributed by atoms with Gasteiger partial charge in [0, 0.05) is 4.91 Å². The number of rotatable bonds is 5. The van der Waals surface area contributed by atoms with E-state index in [2.05, 4.69) is 19.2 Å². The smallest absolute Gasteiger partial charge is 0.180 e. The third kappa shape index (κ3) is 3.49. The molecule has 0 spiro atoms. The third-order valence-corrected chi connectivity index (χ3v) is 2.99. The molecule has 0 amide bonds. The maximum atomic E-state index is 11.5. The fourth-order valence-corrected chi connectivity index (χ4v) is 1.81. The van der Waals surface area contributed by atoms with Crippen LogP contribution in [0.2, 0.25) is 0 Å². The molecule has 1 aromatic heterocycles. The summed E-state index contributed by atoms with van der Waals surface area (Å²) in [6.07, 6.45) is 2.81. The van der Waals surface area contributed by atoms with Crippen molar-refractivity contribution < 1.29 is 9.59 Å². The number of allylic oxidation sites excluding steroid dienone is 3. The molecule has 0 aliphatic carbocycles. The molecule has 15 heavy (non-hydrogen) atoms. The average molecular weight is 238 g/mol. The summed E-state index contributed by atoms with van der Waals surface area (Å²) >= 11 is 5.30. The molecule has 0 radical (unpaired) electrons. The zero-order valence-corrected chi connectivity index (χ0v) is 9.68. The number of carbonyl (C=O) groups excluding carboxylic acids is 2. The largest absolute Gasteiger partial charge is 0.293 e. The van der Waals surface area contributed by atoms with E-state index in [-0.39, 0.29) is 22.9 Å². The SMILES string of the molecule is C=C/C=C(\S)C(=O)CC(=O)c1cccs1. The number of thiophene rings is 1. The summed E-state index contributed by atoms with van der Waals surface area (Å²) in [7, 11) is 0. The van der Waals surface area contributed by atoms with Crippen LogP contribution in [0.5, 0.6) is 0 Å². The van der Waals surface area contributed by atoms with Crippen molar-refractivity contribution >= 4 is 35.5 Å². The summed E-state index contributed by atoms with van der Waals surface area (Å²) in [5.41, 5.74) is 0. The van der Waals surface area contributed by atoms with Crippen LogP contribution in [-0.4, -0.2) is 11.6 Å². The second-order valence-corrected chi connectivity index (χ2v) is 4.22. The molecule has 0 saturated heterocycles. The predicted molar refractivity (Wildman–Crippen MR) is 65.5 cm³/mol. The van der Waals surface area contributed by atoms with Crippen molar-refractivity contribution in [2.24, 2.45) is 0 Å². The van der Waals surface area contributed by atoms with Crippen LogP contribution in [0, 0.1) is 0 Å². The van der Waals surface area contributed by atoms with E-state index in [1.165, 1.54) is 23.5 Å². The molecule has 78 valence electrons. The molecule has 0 saturated carbocycles. The van der Waals surface area contributed by atoms with Gasteiger partial charge >= 0.3 is 0 Å². The van der Waals surface area contributed by atoms with Crippen LogP contribution in [0.4, 0.5) is 0 Å². The lowest BCUT2D eigenvalue weighted by Crippen LogP contribution is -2.06. The minimum absolute atomic E-state index is 0.135. The molecule has 0 unspecified atom stereocenters. The maximum absolute atomic E-state index is 11.5. The lowest BCUT2D eigenvalue weighted by Gasteiger charge is -1.97. The molecule has 2 nitrogen and oxygen atoms in total. The molecule has 0 aliphatic rings. The summed E-state index contributed by atoms with van der Waals surface area (Å²) in [4.78, 5) is 23.8. The fraction of sp³-hybridized carbons (Fsp3) is 0.0909. The normalized spacial score (nSPS) is 11.1. The van der Waals surface area contributed by atoms with Gasteiger partial charge in [-0.15, -0.1) is 24.0 Å².